The lowest BCUT2D eigenvalue weighted by Gasteiger charge is -2.12. The third-order valence-corrected chi connectivity index (χ3v) is 8.52. The fourth-order valence-electron chi connectivity index (χ4n) is 3.53. The molecular formula is C26H24N2O4S2. The average molecular weight is 493 g/mol. The minimum atomic E-state index is -4.00. The van der Waals surface area contributed by atoms with Crippen molar-refractivity contribution in [2.24, 2.45) is 0 Å². The van der Waals surface area contributed by atoms with Crippen LogP contribution < -0.4 is 15.8 Å². The van der Waals surface area contributed by atoms with E-state index in [1.165, 1.54) is 12.1 Å². The van der Waals surface area contributed by atoms with Crippen LogP contribution in [0.25, 0.3) is 0 Å². The molecule has 0 amide bonds. The van der Waals surface area contributed by atoms with E-state index in [-0.39, 0.29) is 26.1 Å². The molecule has 34 heavy (non-hydrogen) atoms. The van der Waals surface area contributed by atoms with Crippen LogP contribution in [0.15, 0.2) is 82.6 Å². The van der Waals surface area contributed by atoms with E-state index in [2.05, 4.69) is 5.32 Å². The molecular weight excluding hydrogens is 468 g/mol. The number of hydrogen-bond acceptors (Lipinski definition) is 7. The number of nitrogens with two attached hydrogens (primary N) is 1. The minimum absolute atomic E-state index is 0.0672. The Balaban J connectivity index is 1.88. The molecule has 6 nitrogen and oxygen atoms in total. The maximum atomic E-state index is 13.6. The maximum Gasteiger partial charge on any atom is 0.211 e. The first-order chi connectivity index (χ1) is 16.2. The Morgan fingerprint density at radius 1 is 0.971 bits per heavy atom. The van der Waals surface area contributed by atoms with E-state index < -0.39 is 9.84 Å². The minimum Gasteiger partial charge on any atom is -0.497 e. The number of aryl methyl sites for hydroxylation is 2. The van der Waals surface area contributed by atoms with Gasteiger partial charge in [-0.2, -0.15) is 0 Å². The third-order valence-electron chi connectivity index (χ3n) is 5.42. The summed E-state index contributed by atoms with van der Waals surface area (Å²) in [6, 6.07) is 20.5. The number of hydrogen-bond donors (Lipinski definition) is 2. The molecule has 174 valence electrons. The average Bonchev–Trinajstić information content (AvgIpc) is 3.17. The number of thiophene rings is 1. The molecule has 1 heterocycles. The quantitative estimate of drug-likeness (QED) is 0.318. The topological polar surface area (TPSA) is 98.5 Å². The SMILES string of the molecule is COc1ccc(C(=O)c2sc(Nc3cc(C)ccc3C)c(S(=O)(=O)c3ccccc3)c2N)cc1. The number of carbonyl (C=O) groups excluding carboxylic acids is 1. The Labute approximate surface area is 202 Å². The predicted molar refractivity (Wildman–Crippen MR) is 136 cm³/mol. The van der Waals surface area contributed by atoms with Gasteiger partial charge in [-0.15, -0.1) is 11.3 Å². The molecule has 0 atom stereocenters. The van der Waals surface area contributed by atoms with Gasteiger partial charge in [0, 0.05) is 11.3 Å². The summed E-state index contributed by atoms with van der Waals surface area (Å²) >= 11 is 1.03. The fourth-order valence-corrected chi connectivity index (χ4v) is 6.48. The normalized spacial score (nSPS) is 11.3. The van der Waals surface area contributed by atoms with Gasteiger partial charge in [0.05, 0.1) is 17.7 Å². The first kappa shape index (κ1) is 23.5. The van der Waals surface area contributed by atoms with Gasteiger partial charge in [-0.3, -0.25) is 4.79 Å². The van der Waals surface area contributed by atoms with E-state index in [1.807, 2.05) is 32.0 Å². The van der Waals surface area contributed by atoms with E-state index in [9.17, 15) is 13.2 Å². The van der Waals surface area contributed by atoms with Gasteiger partial charge in [0.25, 0.3) is 0 Å². The highest BCUT2D eigenvalue weighted by Crippen LogP contribution is 2.44. The number of rotatable bonds is 7. The molecule has 4 aromatic rings. The second-order valence-corrected chi connectivity index (χ2v) is 10.7. The zero-order chi connectivity index (χ0) is 24.5. The van der Waals surface area contributed by atoms with Crippen molar-refractivity contribution in [3.05, 3.63) is 94.4 Å². The van der Waals surface area contributed by atoms with Crippen molar-refractivity contribution < 1.29 is 17.9 Å². The third kappa shape index (κ3) is 4.42. The van der Waals surface area contributed by atoms with E-state index in [4.69, 9.17) is 10.5 Å². The van der Waals surface area contributed by atoms with Crippen LogP contribution in [0.4, 0.5) is 16.4 Å². The lowest BCUT2D eigenvalue weighted by molar-refractivity contribution is 0.104. The molecule has 4 rings (SSSR count). The molecule has 0 aliphatic rings. The summed E-state index contributed by atoms with van der Waals surface area (Å²) in [5.74, 6) is 0.254. The van der Waals surface area contributed by atoms with E-state index in [0.717, 1.165) is 28.2 Å². The summed E-state index contributed by atoms with van der Waals surface area (Å²) in [7, 11) is -2.46. The number of sulfone groups is 1. The number of nitrogens with one attached hydrogen (secondary N) is 1. The first-order valence-corrected chi connectivity index (χ1v) is 12.8. The lowest BCUT2D eigenvalue weighted by atomic mass is 10.1. The molecule has 8 heteroatoms. The van der Waals surface area contributed by atoms with Crippen LogP contribution in [0, 0.1) is 13.8 Å². The summed E-state index contributed by atoms with van der Waals surface area (Å²) in [6.07, 6.45) is 0. The molecule has 0 aliphatic heterocycles. The largest absolute Gasteiger partial charge is 0.497 e. The van der Waals surface area contributed by atoms with E-state index >= 15 is 0 Å². The van der Waals surface area contributed by atoms with E-state index in [0.29, 0.717) is 16.3 Å². The molecule has 0 unspecified atom stereocenters. The molecule has 3 aromatic carbocycles. The summed E-state index contributed by atoms with van der Waals surface area (Å²) in [6.45, 7) is 3.88. The van der Waals surface area contributed by atoms with E-state index in [1.54, 1.807) is 49.6 Å². The van der Waals surface area contributed by atoms with Crippen LogP contribution >= 0.6 is 11.3 Å². The van der Waals surface area contributed by atoms with Crippen LogP contribution in [-0.2, 0) is 9.84 Å². The number of nitrogen functional groups attached to an aromatic ring is 1. The van der Waals surface area contributed by atoms with Gasteiger partial charge < -0.3 is 15.8 Å². The number of carbonyl (C=O) groups is 1. The monoisotopic (exact) mass is 492 g/mol. The fraction of sp³-hybridized carbons (Fsp3) is 0.115. The number of methoxy groups -OCH3 is 1. The van der Waals surface area contributed by atoms with Gasteiger partial charge >= 0.3 is 0 Å². The van der Waals surface area contributed by atoms with Crippen molar-refractivity contribution in [2.45, 2.75) is 23.6 Å². The van der Waals surface area contributed by atoms with Crippen LogP contribution in [-0.4, -0.2) is 21.3 Å². The van der Waals surface area contributed by atoms with Gasteiger partial charge in [0.2, 0.25) is 15.6 Å². The second-order valence-electron chi connectivity index (χ2n) is 7.82. The summed E-state index contributed by atoms with van der Waals surface area (Å²) in [5, 5.41) is 3.53. The van der Waals surface area contributed by atoms with Crippen molar-refractivity contribution in [2.75, 3.05) is 18.2 Å². The van der Waals surface area contributed by atoms with Gasteiger partial charge in [0.15, 0.2) is 0 Å². The van der Waals surface area contributed by atoms with Crippen molar-refractivity contribution in [1.29, 1.82) is 0 Å². The summed E-state index contributed by atoms with van der Waals surface area (Å²) in [4.78, 5) is 13.5. The number of ketones is 1. The highest BCUT2D eigenvalue weighted by atomic mass is 32.2. The molecule has 1 aromatic heterocycles. The van der Waals surface area contributed by atoms with Crippen LogP contribution in [0.5, 0.6) is 5.75 Å². The standard InChI is InChI=1S/C26H24N2O4S2/c1-16-9-10-17(2)21(15-16)28-26-25(34(30,31)20-7-5-4-6-8-20)22(27)24(33-26)23(29)18-11-13-19(32-3)14-12-18/h4-15,28H,27H2,1-3H3. The molecule has 0 radical (unpaired) electrons. The molecule has 0 saturated heterocycles. The first-order valence-electron chi connectivity index (χ1n) is 10.5. The van der Waals surface area contributed by atoms with Crippen molar-refractivity contribution >= 4 is 43.3 Å². The highest BCUT2D eigenvalue weighted by molar-refractivity contribution is 7.92. The smallest absolute Gasteiger partial charge is 0.211 e. The Hall–Kier alpha value is -3.62. The molecule has 0 bridgehead atoms. The van der Waals surface area contributed by atoms with Gasteiger partial charge in [0.1, 0.15) is 20.5 Å². The van der Waals surface area contributed by atoms with Gasteiger partial charge in [-0.1, -0.05) is 30.3 Å². The Morgan fingerprint density at radius 2 is 1.65 bits per heavy atom. The van der Waals surface area contributed by atoms with Crippen LogP contribution in [0.1, 0.15) is 26.4 Å². The predicted octanol–water partition coefficient (Wildman–Crippen LogP) is 5.76. The van der Waals surface area contributed by atoms with Gasteiger partial charge in [-0.25, -0.2) is 8.42 Å². The Kier molecular flexibility index (Phi) is 6.45. The molecule has 0 fully saturated rings. The molecule has 0 saturated carbocycles. The Bertz CT molecular complexity index is 1460. The van der Waals surface area contributed by atoms with Crippen molar-refractivity contribution in [1.82, 2.24) is 0 Å². The number of benzene rings is 3. The van der Waals surface area contributed by atoms with Crippen LogP contribution in [0.2, 0.25) is 0 Å². The number of anilines is 3. The van der Waals surface area contributed by atoms with Crippen molar-refractivity contribution in [3.8, 4) is 5.75 Å². The maximum absolute atomic E-state index is 13.6. The summed E-state index contributed by atoms with van der Waals surface area (Å²) in [5.41, 5.74) is 9.40. The number of ether oxygens (including phenoxy) is 1. The van der Waals surface area contributed by atoms with Crippen molar-refractivity contribution in [3.63, 3.8) is 0 Å². The molecule has 3 N–H and O–H groups in total. The van der Waals surface area contributed by atoms with Gasteiger partial charge in [-0.05, 0) is 67.4 Å². The molecule has 0 spiro atoms. The Morgan fingerprint density at radius 3 is 2.29 bits per heavy atom. The summed E-state index contributed by atoms with van der Waals surface area (Å²) < 4.78 is 32.4. The van der Waals surface area contributed by atoms with Crippen LogP contribution in [0.3, 0.4) is 0 Å². The second kappa shape index (κ2) is 9.32. The molecule has 0 aliphatic carbocycles. The highest BCUT2D eigenvalue weighted by Gasteiger charge is 2.31. The zero-order valence-corrected chi connectivity index (χ0v) is 20.6. The lowest BCUT2D eigenvalue weighted by Crippen LogP contribution is -2.08. The zero-order valence-electron chi connectivity index (χ0n) is 19.0.